The van der Waals surface area contributed by atoms with Gasteiger partial charge < -0.3 is 0 Å². The predicted octanol–water partition coefficient (Wildman–Crippen LogP) is 4.83. The van der Waals surface area contributed by atoms with Crippen LogP contribution < -0.4 is 0 Å². The van der Waals surface area contributed by atoms with E-state index < -0.39 is 10.0 Å². The van der Waals surface area contributed by atoms with Crippen LogP contribution in [0.5, 0.6) is 0 Å². The van der Waals surface area contributed by atoms with Crippen LogP contribution in [0.2, 0.25) is 5.02 Å². The molecule has 3 aromatic carbocycles. The van der Waals surface area contributed by atoms with Crippen LogP contribution in [0, 0.1) is 0 Å². The van der Waals surface area contributed by atoms with Gasteiger partial charge in [0.05, 0.1) is 17.0 Å². The van der Waals surface area contributed by atoms with Gasteiger partial charge in [0.1, 0.15) is 0 Å². The van der Waals surface area contributed by atoms with Gasteiger partial charge in [-0.15, -0.1) is 0 Å². The lowest BCUT2D eigenvalue weighted by Crippen LogP contribution is -2.13. The molecule has 1 fully saturated rings. The number of benzene rings is 3. The predicted molar refractivity (Wildman–Crippen MR) is 98.8 cm³/mol. The van der Waals surface area contributed by atoms with Gasteiger partial charge in [-0.2, -0.15) is 4.31 Å². The summed E-state index contributed by atoms with van der Waals surface area (Å²) in [6, 6.07) is 25.4. The monoisotopic (exact) mass is 369 g/mol. The highest BCUT2D eigenvalue weighted by molar-refractivity contribution is 7.89. The van der Waals surface area contributed by atoms with E-state index in [1.54, 1.807) is 28.6 Å². The van der Waals surface area contributed by atoms with Crippen LogP contribution in [0.4, 0.5) is 0 Å². The van der Waals surface area contributed by atoms with E-state index in [-0.39, 0.29) is 17.0 Å². The Morgan fingerprint density at radius 1 is 0.680 bits per heavy atom. The summed E-state index contributed by atoms with van der Waals surface area (Å²) < 4.78 is 27.9. The normalized spacial score (nSPS) is 22.5. The Morgan fingerprint density at radius 3 is 1.56 bits per heavy atom. The minimum atomic E-state index is -3.60. The maximum absolute atomic E-state index is 13.2. The van der Waals surface area contributed by atoms with E-state index in [2.05, 4.69) is 0 Å². The Balaban J connectivity index is 1.77. The number of hydrogen-bond donors (Lipinski definition) is 0. The number of rotatable bonds is 4. The Kier molecular flexibility index (Phi) is 4.12. The molecule has 1 aliphatic heterocycles. The third-order valence-electron chi connectivity index (χ3n) is 4.43. The first-order chi connectivity index (χ1) is 12.1. The minimum absolute atomic E-state index is 0.190. The zero-order valence-electron chi connectivity index (χ0n) is 13.3. The average molecular weight is 370 g/mol. The van der Waals surface area contributed by atoms with Crippen molar-refractivity contribution in [3.8, 4) is 0 Å². The maximum Gasteiger partial charge on any atom is 0.244 e. The van der Waals surface area contributed by atoms with E-state index in [1.807, 2.05) is 60.7 Å². The largest absolute Gasteiger partial charge is 0.244 e. The molecular weight excluding hydrogens is 354 g/mol. The van der Waals surface area contributed by atoms with Gasteiger partial charge in [-0.1, -0.05) is 72.3 Å². The fourth-order valence-corrected chi connectivity index (χ4v) is 5.06. The van der Waals surface area contributed by atoms with Gasteiger partial charge in [-0.05, 0) is 35.4 Å². The van der Waals surface area contributed by atoms with E-state index in [0.717, 1.165) is 11.1 Å². The average Bonchev–Trinajstić information content (AvgIpc) is 3.40. The third kappa shape index (κ3) is 2.97. The lowest BCUT2D eigenvalue weighted by atomic mass is 10.0. The van der Waals surface area contributed by atoms with E-state index in [1.165, 1.54) is 0 Å². The molecule has 1 aliphatic rings. The second kappa shape index (κ2) is 6.30. The molecule has 0 unspecified atom stereocenters. The SMILES string of the molecule is O=S(=O)(c1ccc(Cl)cc1)N1[C@H](c2ccccc2)[C@H]1c1ccccc1. The lowest BCUT2D eigenvalue weighted by Gasteiger charge is -2.07. The van der Waals surface area contributed by atoms with Crippen molar-refractivity contribution in [2.75, 3.05) is 0 Å². The highest BCUT2D eigenvalue weighted by atomic mass is 35.5. The van der Waals surface area contributed by atoms with Gasteiger partial charge in [0.25, 0.3) is 0 Å². The van der Waals surface area contributed by atoms with E-state index >= 15 is 0 Å². The Bertz CT molecular complexity index is 928. The minimum Gasteiger partial charge on any atom is -0.207 e. The van der Waals surface area contributed by atoms with Crippen molar-refractivity contribution in [2.45, 2.75) is 17.0 Å². The summed E-state index contributed by atoms with van der Waals surface area (Å²) in [4.78, 5) is 0.260. The van der Waals surface area contributed by atoms with Crippen LogP contribution in [0.25, 0.3) is 0 Å². The van der Waals surface area contributed by atoms with Crippen molar-refractivity contribution < 1.29 is 8.42 Å². The van der Waals surface area contributed by atoms with Crippen molar-refractivity contribution in [1.29, 1.82) is 0 Å². The first-order valence-corrected chi connectivity index (χ1v) is 9.80. The summed E-state index contributed by atoms with van der Waals surface area (Å²) in [5.41, 5.74) is 1.99. The van der Waals surface area contributed by atoms with E-state index in [4.69, 9.17) is 11.6 Å². The fraction of sp³-hybridized carbons (Fsp3) is 0.100. The summed E-state index contributed by atoms with van der Waals surface area (Å²) in [6.07, 6.45) is 0. The molecule has 0 saturated carbocycles. The molecule has 3 aromatic rings. The van der Waals surface area contributed by atoms with Crippen molar-refractivity contribution >= 4 is 21.6 Å². The third-order valence-corrected chi connectivity index (χ3v) is 6.56. The number of sulfonamides is 1. The molecule has 0 bridgehead atoms. The van der Waals surface area contributed by atoms with E-state index in [0.29, 0.717) is 5.02 Å². The zero-order chi connectivity index (χ0) is 17.4. The van der Waals surface area contributed by atoms with Crippen LogP contribution in [0.3, 0.4) is 0 Å². The molecule has 0 amide bonds. The van der Waals surface area contributed by atoms with Crippen molar-refractivity contribution in [1.82, 2.24) is 4.31 Å². The number of halogens is 1. The molecule has 0 aromatic heterocycles. The molecule has 25 heavy (non-hydrogen) atoms. The highest BCUT2D eigenvalue weighted by Crippen LogP contribution is 2.57. The standard InChI is InChI=1S/C20H16ClNO2S/c21-17-11-13-18(14-12-17)25(23,24)22-19(15-7-3-1-4-8-15)20(22)16-9-5-2-6-10-16/h1-14,19-20H/t19-,20-/m1/s1. The first-order valence-electron chi connectivity index (χ1n) is 7.98. The van der Waals surface area contributed by atoms with Crippen molar-refractivity contribution in [2.24, 2.45) is 0 Å². The van der Waals surface area contributed by atoms with Gasteiger partial charge in [0.2, 0.25) is 10.0 Å². The second-order valence-electron chi connectivity index (χ2n) is 6.00. The van der Waals surface area contributed by atoms with Crippen molar-refractivity contribution in [3.63, 3.8) is 0 Å². The topological polar surface area (TPSA) is 37.1 Å². The van der Waals surface area contributed by atoms with E-state index in [9.17, 15) is 8.42 Å². The number of nitrogens with zero attached hydrogens (tertiary/aromatic N) is 1. The molecule has 3 nitrogen and oxygen atoms in total. The highest BCUT2D eigenvalue weighted by Gasteiger charge is 2.56. The molecule has 4 rings (SSSR count). The molecule has 126 valence electrons. The molecule has 0 spiro atoms. The Labute approximate surface area is 152 Å². The van der Waals surface area contributed by atoms with Gasteiger partial charge in [0.15, 0.2) is 0 Å². The van der Waals surface area contributed by atoms with Crippen LogP contribution in [-0.4, -0.2) is 12.7 Å². The Hall–Kier alpha value is -2.14. The molecule has 2 atom stereocenters. The lowest BCUT2D eigenvalue weighted by molar-refractivity contribution is 0.547. The van der Waals surface area contributed by atoms with Gasteiger partial charge in [-0.3, -0.25) is 0 Å². The van der Waals surface area contributed by atoms with Crippen LogP contribution in [0.15, 0.2) is 89.8 Å². The molecule has 0 aliphatic carbocycles. The molecule has 5 heteroatoms. The summed E-state index contributed by atoms with van der Waals surface area (Å²) in [5, 5.41) is 0.518. The number of hydrogen-bond acceptors (Lipinski definition) is 2. The van der Waals surface area contributed by atoms with Gasteiger partial charge in [-0.25, -0.2) is 8.42 Å². The molecule has 1 saturated heterocycles. The summed E-state index contributed by atoms with van der Waals surface area (Å²) in [7, 11) is -3.60. The molecule has 1 heterocycles. The van der Waals surface area contributed by atoms with Crippen LogP contribution in [-0.2, 0) is 10.0 Å². The second-order valence-corrected chi connectivity index (χ2v) is 8.28. The van der Waals surface area contributed by atoms with Crippen molar-refractivity contribution in [3.05, 3.63) is 101 Å². The fourth-order valence-electron chi connectivity index (χ4n) is 3.20. The smallest absolute Gasteiger partial charge is 0.207 e. The van der Waals surface area contributed by atoms with Gasteiger partial charge in [0, 0.05) is 5.02 Å². The summed E-state index contributed by atoms with van der Waals surface area (Å²) >= 11 is 5.90. The first kappa shape index (κ1) is 16.3. The molecule has 0 radical (unpaired) electrons. The summed E-state index contributed by atoms with van der Waals surface area (Å²) in [5.74, 6) is 0. The van der Waals surface area contributed by atoms with Crippen LogP contribution in [0.1, 0.15) is 23.2 Å². The summed E-state index contributed by atoms with van der Waals surface area (Å²) in [6.45, 7) is 0. The zero-order valence-corrected chi connectivity index (χ0v) is 14.9. The molecule has 0 N–H and O–H groups in total. The Morgan fingerprint density at radius 2 is 1.12 bits per heavy atom. The molecular formula is C20H16ClNO2S. The quantitative estimate of drug-likeness (QED) is 0.618. The van der Waals surface area contributed by atoms with Gasteiger partial charge >= 0.3 is 0 Å². The van der Waals surface area contributed by atoms with Crippen LogP contribution >= 0.6 is 11.6 Å². The maximum atomic E-state index is 13.2.